The Balaban J connectivity index is 1.50. The standard InChI is InChI=1S/C33H41NO6/c1-22-11-5-4-10-18-39-30(35)20-27(23-12-6-3-7-13-23)32(36)34-21-25(19-28(34)33(37)38-2)40-29-17-16-24-14-8-9-15-26(24)31(22)29/h8-9,14-17,23,25,27-28H,1,3-7,10-13,18-21H2,2H3/t25-,27+,28+/m1/s1. The van der Waals surface area contributed by atoms with E-state index in [9.17, 15) is 14.4 Å². The number of cyclic esters (lactones) is 1. The molecule has 7 nitrogen and oxygen atoms in total. The number of benzene rings is 2. The van der Waals surface area contributed by atoms with Crippen molar-refractivity contribution in [2.75, 3.05) is 20.3 Å². The molecule has 1 saturated heterocycles. The minimum absolute atomic E-state index is 0.0467. The zero-order valence-corrected chi connectivity index (χ0v) is 23.6. The number of hydrogen-bond donors (Lipinski definition) is 0. The average molecular weight is 548 g/mol. The van der Waals surface area contributed by atoms with Gasteiger partial charge in [0.05, 0.1) is 32.6 Å². The molecule has 7 heteroatoms. The van der Waals surface area contributed by atoms with E-state index in [2.05, 4.69) is 18.7 Å². The fourth-order valence-electron chi connectivity index (χ4n) is 6.75. The lowest BCUT2D eigenvalue weighted by Gasteiger charge is -2.33. The number of methoxy groups -OCH3 is 1. The van der Waals surface area contributed by atoms with Gasteiger partial charge in [-0.25, -0.2) is 4.79 Å². The quantitative estimate of drug-likeness (QED) is 0.424. The third kappa shape index (κ3) is 6.18. The molecule has 1 aliphatic carbocycles. The molecular weight excluding hydrogens is 506 g/mol. The summed E-state index contributed by atoms with van der Waals surface area (Å²) in [5.41, 5.74) is 1.97. The van der Waals surface area contributed by atoms with E-state index >= 15 is 0 Å². The average Bonchev–Trinajstić information content (AvgIpc) is 3.40. The largest absolute Gasteiger partial charge is 0.488 e. The molecule has 1 amide bonds. The summed E-state index contributed by atoms with van der Waals surface area (Å²) in [5, 5.41) is 2.18. The van der Waals surface area contributed by atoms with Crippen molar-refractivity contribution in [3.8, 4) is 5.75 Å². The highest BCUT2D eigenvalue weighted by atomic mass is 16.5. The van der Waals surface area contributed by atoms with Crippen LogP contribution in [0.15, 0.2) is 43.0 Å². The van der Waals surface area contributed by atoms with Crippen molar-refractivity contribution < 1.29 is 28.6 Å². The minimum Gasteiger partial charge on any atom is -0.488 e. The number of allylic oxidation sites excluding steroid dienone is 1. The van der Waals surface area contributed by atoms with Gasteiger partial charge in [0.15, 0.2) is 0 Å². The number of hydrogen-bond acceptors (Lipinski definition) is 6. The predicted octanol–water partition coefficient (Wildman–Crippen LogP) is 6.08. The number of ether oxygens (including phenoxy) is 3. The molecule has 2 aromatic carbocycles. The Morgan fingerprint density at radius 1 is 1.00 bits per heavy atom. The first-order chi connectivity index (χ1) is 19.5. The van der Waals surface area contributed by atoms with Crippen LogP contribution < -0.4 is 4.74 Å². The van der Waals surface area contributed by atoms with E-state index < -0.39 is 24.0 Å². The summed E-state index contributed by atoms with van der Waals surface area (Å²) in [6.45, 7) is 5.03. The molecule has 2 heterocycles. The maximum atomic E-state index is 14.1. The second kappa shape index (κ2) is 12.9. The lowest BCUT2D eigenvalue weighted by atomic mass is 9.77. The number of carbonyl (C=O) groups excluding carboxylic acids is 3. The van der Waals surface area contributed by atoms with E-state index in [4.69, 9.17) is 14.2 Å². The van der Waals surface area contributed by atoms with Gasteiger partial charge in [0, 0.05) is 12.0 Å². The van der Waals surface area contributed by atoms with E-state index in [1.807, 2.05) is 24.3 Å². The summed E-state index contributed by atoms with van der Waals surface area (Å²) in [4.78, 5) is 41.6. The van der Waals surface area contributed by atoms with E-state index in [1.165, 1.54) is 7.11 Å². The van der Waals surface area contributed by atoms with Gasteiger partial charge in [-0.05, 0) is 66.9 Å². The van der Waals surface area contributed by atoms with Crippen LogP contribution in [0, 0.1) is 11.8 Å². The molecule has 0 unspecified atom stereocenters. The van der Waals surface area contributed by atoms with Gasteiger partial charge in [-0.3, -0.25) is 9.59 Å². The van der Waals surface area contributed by atoms with Crippen LogP contribution in [-0.2, 0) is 23.9 Å². The van der Waals surface area contributed by atoms with Gasteiger partial charge in [0.1, 0.15) is 17.9 Å². The second-order valence-corrected chi connectivity index (χ2v) is 11.5. The number of carbonyl (C=O) groups is 3. The predicted molar refractivity (Wildman–Crippen MR) is 154 cm³/mol. The first-order valence-electron chi connectivity index (χ1n) is 14.9. The summed E-state index contributed by atoms with van der Waals surface area (Å²) >= 11 is 0. The lowest BCUT2D eigenvalue weighted by molar-refractivity contribution is -0.156. The molecular formula is C33H41NO6. The van der Waals surface area contributed by atoms with Crippen LogP contribution in [0.1, 0.15) is 76.2 Å². The van der Waals surface area contributed by atoms with Gasteiger partial charge in [-0.15, -0.1) is 0 Å². The van der Waals surface area contributed by atoms with Gasteiger partial charge >= 0.3 is 11.9 Å². The van der Waals surface area contributed by atoms with Gasteiger partial charge in [-0.2, -0.15) is 0 Å². The van der Waals surface area contributed by atoms with Crippen LogP contribution in [0.3, 0.4) is 0 Å². The fraction of sp³-hybridized carbons (Fsp3) is 0.545. The van der Waals surface area contributed by atoms with E-state index in [-0.39, 0.29) is 30.8 Å². The van der Waals surface area contributed by atoms with Crippen molar-refractivity contribution in [3.05, 3.63) is 48.5 Å². The molecule has 214 valence electrons. The summed E-state index contributed by atoms with van der Waals surface area (Å²) in [5.74, 6) is -0.647. The Kier molecular flexibility index (Phi) is 9.08. The maximum Gasteiger partial charge on any atom is 0.328 e. The van der Waals surface area contributed by atoms with Gasteiger partial charge in [0.25, 0.3) is 0 Å². The van der Waals surface area contributed by atoms with Crippen molar-refractivity contribution in [1.29, 1.82) is 0 Å². The molecule has 2 aromatic rings. The minimum atomic E-state index is -0.754. The number of fused-ring (bicyclic) bond motifs is 5. The molecule has 0 N–H and O–H groups in total. The first kappa shape index (κ1) is 28.2. The highest BCUT2D eigenvalue weighted by Gasteiger charge is 2.45. The lowest BCUT2D eigenvalue weighted by Crippen LogP contribution is -2.46. The second-order valence-electron chi connectivity index (χ2n) is 11.5. The van der Waals surface area contributed by atoms with Gasteiger partial charge in [-0.1, -0.05) is 56.2 Å². The molecule has 0 radical (unpaired) electrons. The number of esters is 2. The molecule has 2 fully saturated rings. The number of amides is 1. The van der Waals surface area contributed by atoms with Crippen molar-refractivity contribution in [2.24, 2.45) is 11.8 Å². The van der Waals surface area contributed by atoms with Gasteiger partial charge in [0.2, 0.25) is 5.91 Å². The molecule has 40 heavy (non-hydrogen) atoms. The molecule has 1 saturated carbocycles. The van der Waals surface area contributed by atoms with Crippen LogP contribution in [0.2, 0.25) is 0 Å². The topological polar surface area (TPSA) is 82.1 Å². The van der Waals surface area contributed by atoms with Crippen molar-refractivity contribution in [2.45, 2.75) is 82.8 Å². The smallest absolute Gasteiger partial charge is 0.328 e. The van der Waals surface area contributed by atoms with Crippen molar-refractivity contribution in [1.82, 2.24) is 4.90 Å². The molecule has 3 aliphatic rings. The Hall–Kier alpha value is -3.35. The first-order valence-corrected chi connectivity index (χ1v) is 14.9. The third-order valence-electron chi connectivity index (χ3n) is 8.87. The number of nitrogens with zero attached hydrogens (tertiary/aromatic N) is 1. The van der Waals surface area contributed by atoms with E-state index in [1.54, 1.807) is 4.90 Å². The van der Waals surface area contributed by atoms with Gasteiger partial charge < -0.3 is 19.1 Å². The Morgan fingerprint density at radius 3 is 2.58 bits per heavy atom. The molecule has 2 aliphatic heterocycles. The van der Waals surface area contributed by atoms with E-state index in [0.29, 0.717) is 13.0 Å². The number of rotatable bonds is 2. The Labute approximate surface area is 236 Å². The summed E-state index contributed by atoms with van der Waals surface area (Å²) in [6, 6.07) is 11.5. The summed E-state index contributed by atoms with van der Waals surface area (Å²) < 4.78 is 17.3. The third-order valence-corrected chi connectivity index (χ3v) is 8.87. The van der Waals surface area contributed by atoms with Crippen molar-refractivity contribution in [3.63, 3.8) is 0 Å². The zero-order valence-electron chi connectivity index (χ0n) is 23.6. The van der Waals surface area contributed by atoms with E-state index in [0.717, 1.165) is 85.4 Å². The molecule has 3 atom stereocenters. The Morgan fingerprint density at radius 2 is 1.77 bits per heavy atom. The molecule has 0 spiro atoms. The monoisotopic (exact) mass is 547 g/mol. The Bertz CT molecular complexity index is 1250. The molecule has 0 aromatic heterocycles. The normalized spacial score (nSPS) is 25.6. The van der Waals surface area contributed by atoms with Crippen LogP contribution in [0.4, 0.5) is 0 Å². The molecule has 5 rings (SSSR count). The van der Waals surface area contributed by atoms with Crippen molar-refractivity contribution >= 4 is 34.2 Å². The highest BCUT2D eigenvalue weighted by molar-refractivity contribution is 5.96. The highest BCUT2D eigenvalue weighted by Crippen LogP contribution is 2.39. The summed E-state index contributed by atoms with van der Waals surface area (Å²) in [7, 11) is 1.35. The van der Waals surface area contributed by atoms with Crippen LogP contribution in [-0.4, -0.2) is 55.2 Å². The maximum absolute atomic E-state index is 14.1. The summed E-state index contributed by atoms with van der Waals surface area (Å²) in [6.07, 6.45) is 8.42. The fourth-order valence-corrected chi connectivity index (χ4v) is 6.75. The van der Waals surface area contributed by atoms with Crippen LogP contribution >= 0.6 is 0 Å². The molecule has 2 bridgehead atoms. The SMILES string of the molecule is C=C1CCCCCOC(=O)C[C@@H](C2CCCCC2)C(=O)N2C[C@@H](C[C@H]2C(=O)OC)Oc2ccc3ccccc3c21. The zero-order chi connectivity index (χ0) is 28.1. The van der Waals surface area contributed by atoms with Crippen LogP contribution in [0.5, 0.6) is 5.75 Å². The van der Waals surface area contributed by atoms with Crippen LogP contribution in [0.25, 0.3) is 16.3 Å².